The predicted octanol–water partition coefficient (Wildman–Crippen LogP) is 0.0681. The smallest absolute Gasteiger partial charge is 0.405 e. The lowest BCUT2D eigenvalue weighted by atomic mass is 9.91. The van der Waals surface area contributed by atoms with Crippen LogP contribution >= 0.6 is 0 Å². The van der Waals surface area contributed by atoms with E-state index >= 15 is 0 Å². The number of amides is 1. The van der Waals surface area contributed by atoms with Crippen LogP contribution in [0.4, 0.5) is 4.79 Å². The molecule has 2 N–H and O–H groups in total. The van der Waals surface area contributed by atoms with Crippen LogP contribution in [0.5, 0.6) is 0 Å². The highest BCUT2D eigenvalue weighted by Crippen LogP contribution is 2.22. The minimum absolute atomic E-state index is 0.371. The van der Waals surface area contributed by atoms with Gasteiger partial charge < -0.3 is 10.4 Å². The summed E-state index contributed by atoms with van der Waals surface area (Å²) in [7, 11) is -3.15. The topological polar surface area (TPSA) is 86.7 Å². The van der Waals surface area contributed by atoms with Gasteiger partial charge >= 0.3 is 6.09 Å². The quantitative estimate of drug-likeness (QED) is 0.710. The lowest BCUT2D eigenvalue weighted by Gasteiger charge is -2.37. The molecule has 1 aliphatic rings. The summed E-state index contributed by atoms with van der Waals surface area (Å²) in [6.45, 7) is 2.53. The fourth-order valence-corrected chi connectivity index (χ4v) is 2.54. The van der Waals surface area contributed by atoms with Gasteiger partial charge in [0.2, 0.25) is 10.0 Å². The molecular weight excluding hydrogens is 220 g/mol. The predicted molar refractivity (Wildman–Crippen MR) is 55.2 cm³/mol. The van der Waals surface area contributed by atoms with Gasteiger partial charge in [0.1, 0.15) is 0 Å². The number of rotatable bonds is 2. The summed E-state index contributed by atoms with van der Waals surface area (Å²) in [6.07, 6.45) is 1.12. The van der Waals surface area contributed by atoms with E-state index in [1.54, 1.807) is 6.92 Å². The molecule has 1 saturated heterocycles. The Hall–Kier alpha value is -0.820. The number of hydrogen-bond acceptors (Lipinski definition) is 3. The highest BCUT2D eigenvalue weighted by Gasteiger charge is 2.34. The van der Waals surface area contributed by atoms with Crippen molar-refractivity contribution < 1.29 is 18.3 Å². The average Bonchev–Trinajstić information content (AvgIpc) is 2.00. The Kier molecular flexibility index (Phi) is 3.25. The molecule has 0 spiro atoms. The molecule has 1 heterocycles. The molecule has 7 heteroatoms. The molecule has 0 aromatic rings. The van der Waals surface area contributed by atoms with Crippen molar-refractivity contribution in [1.29, 1.82) is 0 Å². The number of carboxylic acid groups (broad SMARTS) is 1. The number of piperidine rings is 1. The Bertz CT molecular complexity index is 344. The van der Waals surface area contributed by atoms with Crippen molar-refractivity contribution in [2.24, 2.45) is 0 Å². The van der Waals surface area contributed by atoms with Crippen molar-refractivity contribution in [3.63, 3.8) is 0 Å². The Labute approximate surface area is 89.3 Å². The van der Waals surface area contributed by atoms with Gasteiger partial charge in [0, 0.05) is 18.6 Å². The summed E-state index contributed by atoms with van der Waals surface area (Å²) in [6, 6.07) is 0. The van der Waals surface area contributed by atoms with E-state index in [0.717, 1.165) is 0 Å². The van der Waals surface area contributed by atoms with Crippen molar-refractivity contribution in [2.75, 3.05) is 19.3 Å². The Morgan fingerprint density at radius 1 is 1.40 bits per heavy atom. The molecule has 1 fully saturated rings. The second-order valence-electron chi connectivity index (χ2n) is 4.15. The molecule has 0 saturated carbocycles. The molecule has 0 aliphatic carbocycles. The maximum atomic E-state index is 11.2. The third-order valence-electron chi connectivity index (χ3n) is 2.70. The molecular formula is C8H16N2O4S. The highest BCUT2D eigenvalue weighted by molar-refractivity contribution is 7.88. The molecule has 0 radical (unpaired) electrons. The summed E-state index contributed by atoms with van der Waals surface area (Å²) in [5.74, 6) is 0. The van der Waals surface area contributed by atoms with Gasteiger partial charge in [-0.2, -0.15) is 0 Å². The summed E-state index contributed by atoms with van der Waals surface area (Å²) in [5.41, 5.74) is -0.507. The lowest BCUT2D eigenvalue weighted by Crippen LogP contribution is -2.53. The molecule has 1 aliphatic heterocycles. The number of nitrogens with one attached hydrogen (secondary N) is 1. The van der Waals surface area contributed by atoms with Gasteiger partial charge in [-0.05, 0) is 19.8 Å². The van der Waals surface area contributed by atoms with Crippen LogP contribution in [0.15, 0.2) is 0 Å². The minimum Gasteiger partial charge on any atom is -0.465 e. The van der Waals surface area contributed by atoms with Crippen molar-refractivity contribution in [1.82, 2.24) is 9.62 Å². The number of carbonyl (C=O) groups is 1. The van der Waals surface area contributed by atoms with Gasteiger partial charge in [0.15, 0.2) is 0 Å². The van der Waals surface area contributed by atoms with Gasteiger partial charge in [-0.3, -0.25) is 0 Å². The molecule has 0 aromatic carbocycles. The largest absolute Gasteiger partial charge is 0.465 e. The van der Waals surface area contributed by atoms with Crippen molar-refractivity contribution in [3.05, 3.63) is 0 Å². The van der Waals surface area contributed by atoms with E-state index in [4.69, 9.17) is 5.11 Å². The zero-order valence-corrected chi connectivity index (χ0v) is 9.67. The Balaban J connectivity index is 2.59. The zero-order chi connectivity index (χ0) is 11.7. The van der Waals surface area contributed by atoms with E-state index in [9.17, 15) is 13.2 Å². The average molecular weight is 236 g/mol. The van der Waals surface area contributed by atoms with Gasteiger partial charge in [0.25, 0.3) is 0 Å². The second kappa shape index (κ2) is 3.97. The maximum absolute atomic E-state index is 11.2. The van der Waals surface area contributed by atoms with Crippen LogP contribution in [0.3, 0.4) is 0 Å². The monoisotopic (exact) mass is 236 g/mol. The van der Waals surface area contributed by atoms with Crippen LogP contribution in [0.2, 0.25) is 0 Å². The van der Waals surface area contributed by atoms with E-state index in [2.05, 4.69) is 5.32 Å². The zero-order valence-electron chi connectivity index (χ0n) is 8.86. The number of nitrogens with zero attached hydrogens (tertiary/aromatic N) is 1. The van der Waals surface area contributed by atoms with E-state index in [1.807, 2.05) is 0 Å². The first-order valence-corrected chi connectivity index (χ1v) is 6.54. The van der Waals surface area contributed by atoms with E-state index < -0.39 is 21.7 Å². The van der Waals surface area contributed by atoms with Crippen molar-refractivity contribution in [3.8, 4) is 0 Å². The molecule has 0 unspecified atom stereocenters. The van der Waals surface area contributed by atoms with E-state index in [-0.39, 0.29) is 0 Å². The summed E-state index contributed by atoms with van der Waals surface area (Å²) >= 11 is 0. The van der Waals surface area contributed by atoms with Gasteiger partial charge in [0.05, 0.1) is 6.26 Å². The Morgan fingerprint density at radius 2 is 1.87 bits per heavy atom. The van der Waals surface area contributed by atoms with Crippen LogP contribution in [-0.2, 0) is 10.0 Å². The van der Waals surface area contributed by atoms with Crippen molar-refractivity contribution >= 4 is 16.1 Å². The molecule has 0 atom stereocenters. The number of sulfonamides is 1. The minimum atomic E-state index is -3.15. The molecule has 0 aromatic heterocycles. The van der Waals surface area contributed by atoms with Crippen LogP contribution in [-0.4, -0.2) is 48.8 Å². The van der Waals surface area contributed by atoms with Gasteiger partial charge in [-0.15, -0.1) is 0 Å². The molecule has 1 rings (SSSR count). The van der Waals surface area contributed by atoms with Crippen LogP contribution in [0.25, 0.3) is 0 Å². The summed E-state index contributed by atoms with van der Waals surface area (Å²) < 4.78 is 23.8. The maximum Gasteiger partial charge on any atom is 0.405 e. The first-order chi connectivity index (χ1) is 6.73. The van der Waals surface area contributed by atoms with Gasteiger partial charge in [-0.25, -0.2) is 17.5 Å². The van der Waals surface area contributed by atoms with Crippen LogP contribution < -0.4 is 5.32 Å². The summed E-state index contributed by atoms with van der Waals surface area (Å²) in [4.78, 5) is 10.5. The SMILES string of the molecule is CC1(NC(=O)O)CCN(S(C)(=O)=O)CC1. The summed E-state index contributed by atoms with van der Waals surface area (Å²) in [5, 5.41) is 11.0. The molecule has 1 amide bonds. The highest BCUT2D eigenvalue weighted by atomic mass is 32.2. The third-order valence-corrected chi connectivity index (χ3v) is 4.01. The fourth-order valence-electron chi connectivity index (χ4n) is 1.69. The lowest BCUT2D eigenvalue weighted by molar-refractivity contribution is 0.160. The van der Waals surface area contributed by atoms with Crippen LogP contribution in [0.1, 0.15) is 19.8 Å². The normalized spacial score (nSPS) is 22.3. The fraction of sp³-hybridized carbons (Fsp3) is 0.875. The Morgan fingerprint density at radius 3 is 2.20 bits per heavy atom. The first kappa shape index (κ1) is 12.3. The van der Waals surface area contributed by atoms with E-state index in [1.165, 1.54) is 10.6 Å². The molecule has 0 bridgehead atoms. The second-order valence-corrected chi connectivity index (χ2v) is 6.14. The molecule has 88 valence electrons. The molecule has 15 heavy (non-hydrogen) atoms. The number of hydrogen-bond donors (Lipinski definition) is 2. The third kappa shape index (κ3) is 3.35. The van der Waals surface area contributed by atoms with E-state index in [0.29, 0.717) is 25.9 Å². The first-order valence-electron chi connectivity index (χ1n) is 4.69. The van der Waals surface area contributed by atoms with Gasteiger partial charge in [-0.1, -0.05) is 0 Å². The van der Waals surface area contributed by atoms with Crippen molar-refractivity contribution in [2.45, 2.75) is 25.3 Å². The standard InChI is InChI=1S/C8H16N2O4S/c1-8(9-7(11)12)3-5-10(6-4-8)15(2,13)14/h9H,3-6H2,1-2H3,(H,11,12). The molecule has 6 nitrogen and oxygen atoms in total. The van der Waals surface area contributed by atoms with Crippen LogP contribution in [0, 0.1) is 0 Å².